The van der Waals surface area contributed by atoms with Crippen molar-refractivity contribution in [3.05, 3.63) is 16.1 Å². The van der Waals surface area contributed by atoms with Crippen LogP contribution < -0.4 is 4.72 Å². The van der Waals surface area contributed by atoms with E-state index < -0.39 is 10.0 Å². The molecule has 1 fully saturated rings. The van der Waals surface area contributed by atoms with Gasteiger partial charge in [-0.05, 0) is 19.4 Å². The Kier molecular flexibility index (Phi) is 5.07. The zero-order valence-corrected chi connectivity index (χ0v) is 14.9. The SMILES string of the molecule is CC(C)(C)c1nc(CN2CCC[C@H](NS(C)(=O)=O)C2)cs1. The Hall–Kier alpha value is -0.500. The number of piperidine rings is 1. The molecule has 1 atom stereocenters. The van der Waals surface area contributed by atoms with Crippen molar-refractivity contribution < 1.29 is 8.42 Å². The lowest BCUT2D eigenvalue weighted by Gasteiger charge is -2.32. The van der Waals surface area contributed by atoms with Crippen molar-refractivity contribution in [1.29, 1.82) is 0 Å². The second-order valence-corrected chi connectivity index (χ2v) is 9.50. The lowest BCUT2D eigenvalue weighted by molar-refractivity contribution is 0.193. The van der Waals surface area contributed by atoms with Gasteiger partial charge in [-0.3, -0.25) is 4.90 Å². The van der Waals surface area contributed by atoms with Gasteiger partial charge in [0.05, 0.1) is 17.0 Å². The van der Waals surface area contributed by atoms with Crippen LogP contribution in [0.1, 0.15) is 44.3 Å². The van der Waals surface area contributed by atoms with Gasteiger partial charge in [0.15, 0.2) is 0 Å². The molecule has 0 unspecified atom stereocenters. The fourth-order valence-corrected chi connectivity index (χ4v) is 4.25. The number of hydrogen-bond acceptors (Lipinski definition) is 5. The fourth-order valence-electron chi connectivity index (χ4n) is 2.55. The van der Waals surface area contributed by atoms with Gasteiger partial charge in [0.25, 0.3) is 0 Å². The first-order valence-corrected chi connectivity index (χ1v) is 10.0. The summed E-state index contributed by atoms with van der Waals surface area (Å²) in [6.45, 7) is 9.07. The molecule has 2 rings (SSSR count). The number of rotatable bonds is 4. The number of nitrogens with zero attached hydrogens (tertiary/aromatic N) is 2. The molecule has 1 aliphatic rings. The number of sulfonamides is 1. The summed E-state index contributed by atoms with van der Waals surface area (Å²) in [6, 6.07) is 0.0227. The smallest absolute Gasteiger partial charge is 0.208 e. The Morgan fingerprint density at radius 3 is 2.76 bits per heavy atom. The van der Waals surface area contributed by atoms with Gasteiger partial charge < -0.3 is 0 Å². The van der Waals surface area contributed by atoms with Crippen LogP contribution in [0.25, 0.3) is 0 Å². The molecule has 0 aromatic carbocycles. The maximum absolute atomic E-state index is 11.3. The number of hydrogen-bond donors (Lipinski definition) is 1. The highest BCUT2D eigenvalue weighted by Gasteiger charge is 2.24. The lowest BCUT2D eigenvalue weighted by atomic mass is 9.98. The van der Waals surface area contributed by atoms with E-state index in [0.29, 0.717) is 0 Å². The van der Waals surface area contributed by atoms with Gasteiger partial charge in [0.1, 0.15) is 0 Å². The molecule has 21 heavy (non-hydrogen) atoms. The van der Waals surface area contributed by atoms with Gasteiger partial charge in [0.2, 0.25) is 10.0 Å². The molecule has 0 saturated carbocycles. The molecule has 1 aromatic rings. The summed E-state index contributed by atoms with van der Waals surface area (Å²) >= 11 is 1.71. The van der Waals surface area contributed by atoms with Crippen molar-refractivity contribution in [1.82, 2.24) is 14.6 Å². The van der Waals surface area contributed by atoms with Gasteiger partial charge in [0, 0.05) is 29.9 Å². The minimum atomic E-state index is -3.13. The molecule has 7 heteroatoms. The lowest BCUT2D eigenvalue weighted by Crippen LogP contribution is -2.47. The highest BCUT2D eigenvalue weighted by Crippen LogP contribution is 2.26. The van der Waals surface area contributed by atoms with E-state index in [9.17, 15) is 8.42 Å². The fraction of sp³-hybridized carbons (Fsp3) is 0.786. The third-order valence-electron chi connectivity index (χ3n) is 3.47. The van der Waals surface area contributed by atoms with Crippen LogP contribution in [0.15, 0.2) is 5.38 Å². The third-order valence-corrected chi connectivity index (χ3v) is 5.54. The first kappa shape index (κ1) is 16.9. The standard InChI is InChI=1S/C14H25N3O2S2/c1-14(2,3)13-15-12(10-20-13)9-17-7-5-6-11(8-17)16-21(4,18)19/h10-11,16H,5-9H2,1-4H3/t11-/m0/s1. The molecule has 0 radical (unpaired) electrons. The van der Waals surface area contributed by atoms with Crippen LogP contribution in [0, 0.1) is 0 Å². The first-order chi connectivity index (χ1) is 9.63. The van der Waals surface area contributed by atoms with E-state index >= 15 is 0 Å². The van der Waals surface area contributed by atoms with E-state index in [4.69, 9.17) is 4.98 Å². The highest BCUT2D eigenvalue weighted by molar-refractivity contribution is 7.88. The van der Waals surface area contributed by atoms with Crippen molar-refractivity contribution in [2.45, 2.75) is 51.6 Å². The van der Waals surface area contributed by atoms with E-state index in [1.165, 1.54) is 6.26 Å². The van der Waals surface area contributed by atoms with Crippen molar-refractivity contribution in [3.8, 4) is 0 Å². The molecular weight excluding hydrogens is 306 g/mol. The zero-order valence-electron chi connectivity index (χ0n) is 13.2. The van der Waals surface area contributed by atoms with Crippen LogP contribution in [0.5, 0.6) is 0 Å². The monoisotopic (exact) mass is 331 g/mol. The molecule has 1 aromatic heterocycles. The van der Waals surface area contributed by atoms with Crippen molar-refractivity contribution >= 4 is 21.4 Å². The maximum atomic E-state index is 11.3. The quantitative estimate of drug-likeness (QED) is 0.916. The second-order valence-electron chi connectivity index (χ2n) is 6.86. The summed E-state index contributed by atoms with van der Waals surface area (Å²) in [6.07, 6.45) is 3.15. The van der Waals surface area contributed by atoms with Crippen LogP contribution in [0.4, 0.5) is 0 Å². The van der Waals surface area contributed by atoms with Crippen molar-refractivity contribution in [2.75, 3.05) is 19.3 Å². The number of likely N-dealkylation sites (tertiary alicyclic amines) is 1. The Bertz CT molecular complexity index is 575. The Morgan fingerprint density at radius 1 is 1.48 bits per heavy atom. The molecule has 2 heterocycles. The molecule has 0 spiro atoms. The molecule has 120 valence electrons. The summed E-state index contributed by atoms with van der Waals surface area (Å²) in [5.41, 5.74) is 1.18. The number of nitrogens with one attached hydrogen (secondary N) is 1. The van der Waals surface area contributed by atoms with E-state index in [-0.39, 0.29) is 11.5 Å². The molecule has 5 nitrogen and oxygen atoms in total. The predicted molar refractivity (Wildman–Crippen MR) is 87.1 cm³/mol. The summed E-state index contributed by atoms with van der Waals surface area (Å²) in [5.74, 6) is 0. The average Bonchev–Trinajstić information content (AvgIpc) is 2.75. The van der Waals surface area contributed by atoms with Gasteiger partial charge in [-0.25, -0.2) is 18.1 Å². The van der Waals surface area contributed by atoms with Gasteiger partial charge in [-0.1, -0.05) is 20.8 Å². The van der Waals surface area contributed by atoms with Crippen LogP contribution in [-0.4, -0.2) is 43.7 Å². The van der Waals surface area contributed by atoms with E-state index in [1.807, 2.05) is 0 Å². The van der Waals surface area contributed by atoms with Gasteiger partial charge in [-0.15, -0.1) is 11.3 Å². The van der Waals surface area contributed by atoms with E-state index in [0.717, 1.165) is 43.2 Å². The average molecular weight is 332 g/mol. The van der Waals surface area contributed by atoms with E-state index in [1.54, 1.807) is 11.3 Å². The van der Waals surface area contributed by atoms with Crippen LogP contribution in [-0.2, 0) is 22.0 Å². The minimum absolute atomic E-state index is 0.0227. The second kappa shape index (κ2) is 6.32. The molecule has 1 saturated heterocycles. The van der Waals surface area contributed by atoms with Gasteiger partial charge >= 0.3 is 0 Å². The molecule has 0 bridgehead atoms. The molecule has 1 aliphatic heterocycles. The van der Waals surface area contributed by atoms with Crippen LogP contribution >= 0.6 is 11.3 Å². The largest absolute Gasteiger partial charge is 0.296 e. The Morgan fingerprint density at radius 2 is 2.19 bits per heavy atom. The number of aromatic nitrogens is 1. The number of thiazole rings is 1. The zero-order chi connectivity index (χ0) is 15.7. The maximum Gasteiger partial charge on any atom is 0.208 e. The Labute approximate surface area is 131 Å². The highest BCUT2D eigenvalue weighted by atomic mass is 32.2. The first-order valence-electron chi connectivity index (χ1n) is 7.28. The molecular formula is C14H25N3O2S2. The summed E-state index contributed by atoms with van der Waals surface area (Å²) in [4.78, 5) is 7.00. The van der Waals surface area contributed by atoms with Crippen molar-refractivity contribution in [3.63, 3.8) is 0 Å². The van der Waals surface area contributed by atoms with Gasteiger partial charge in [-0.2, -0.15) is 0 Å². The van der Waals surface area contributed by atoms with Crippen LogP contribution in [0.2, 0.25) is 0 Å². The predicted octanol–water partition coefficient (Wildman–Crippen LogP) is 1.95. The molecule has 1 N–H and O–H groups in total. The summed E-state index contributed by atoms with van der Waals surface area (Å²) in [7, 11) is -3.13. The van der Waals surface area contributed by atoms with E-state index in [2.05, 4.69) is 35.8 Å². The summed E-state index contributed by atoms with van der Waals surface area (Å²) < 4.78 is 25.4. The third kappa shape index (κ3) is 5.32. The minimum Gasteiger partial charge on any atom is -0.296 e. The molecule has 0 aliphatic carbocycles. The topological polar surface area (TPSA) is 62.3 Å². The van der Waals surface area contributed by atoms with Crippen LogP contribution in [0.3, 0.4) is 0 Å². The molecule has 0 amide bonds. The Balaban J connectivity index is 1.95. The summed E-state index contributed by atoms with van der Waals surface area (Å²) in [5, 5.41) is 3.27. The van der Waals surface area contributed by atoms with Crippen molar-refractivity contribution in [2.24, 2.45) is 0 Å². The normalized spacial score (nSPS) is 21.6.